The number of amides is 1. The van der Waals surface area contributed by atoms with Gasteiger partial charge in [-0.25, -0.2) is 4.98 Å². The fourth-order valence-electron chi connectivity index (χ4n) is 2.54. The number of nitrogens with zero attached hydrogens (tertiary/aromatic N) is 5. The molecule has 0 atom stereocenters. The van der Waals surface area contributed by atoms with Crippen molar-refractivity contribution in [3.05, 3.63) is 30.3 Å². The van der Waals surface area contributed by atoms with E-state index < -0.39 is 0 Å². The molecular formula is C18H18N6O3S2. The van der Waals surface area contributed by atoms with E-state index in [9.17, 15) is 4.79 Å². The van der Waals surface area contributed by atoms with Gasteiger partial charge in [0.15, 0.2) is 10.8 Å². The van der Waals surface area contributed by atoms with E-state index in [0.29, 0.717) is 41.4 Å². The van der Waals surface area contributed by atoms with Gasteiger partial charge in [-0.2, -0.15) is 4.52 Å². The molecule has 0 aliphatic heterocycles. The lowest BCUT2D eigenvalue weighted by Crippen LogP contribution is -2.13. The third-order valence-electron chi connectivity index (χ3n) is 3.85. The fraction of sp³-hybridized carbons (Fsp3) is 0.278. The summed E-state index contributed by atoms with van der Waals surface area (Å²) in [5.74, 6) is 0.403. The first kappa shape index (κ1) is 19.6. The number of carbonyl (C=O) groups is 1. The molecule has 9 nitrogen and oxygen atoms in total. The number of benzene rings is 1. The van der Waals surface area contributed by atoms with Gasteiger partial charge in [-0.3, -0.25) is 4.79 Å². The monoisotopic (exact) mass is 430 g/mol. The molecule has 3 aromatic heterocycles. The van der Waals surface area contributed by atoms with Crippen LogP contribution >= 0.6 is 23.1 Å². The molecule has 0 bridgehead atoms. The minimum atomic E-state index is -0.119. The molecule has 150 valence electrons. The summed E-state index contributed by atoms with van der Waals surface area (Å²) in [6.45, 7) is 2.82. The smallest absolute Gasteiger partial charge is 0.231 e. The summed E-state index contributed by atoms with van der Waals surface area (Å²) in [6.07, 6.45) is 0.296. The molecule has 4 aromatic rings. The van der Waals surface area contributed by atoms with Crippen LogP contribution in [0.4, 0.5) is 5.13 Å². The second-order valence-corrected chi connectivity index (χ2v) is 7.97. The number of fused-ring (bicyclic) bond motifs is 2. The van der Waals surface area contributed by atoms with E-state index in [1.54, 1.807) is 17.7 Å². The molecule has 0 aliphatic carbocycles. The molecule has 1 aromatic carbocycles. The van der Waals surface area contributed by atoms with Crippen LogP contribution in [0.2, 0.25) is 0 Å². The van der Waals surface area contributed by atoms with Gasteiger partial charge < -0.3 is 14.8 Å². The summed E-state index contributed by atoms with van der Waals surface area (Å²) < 4.78 is 13.0. The zero-order valence-corrected chi connectivity index (χ0v) is 17.4. The van der Waals surface area contributed by atoms with Crippen molar-refractivity contribution < 1.29 is 14.3 Å². The molecule has 0 fully saturated rings. The lowest BCUT2D eigenvalue weighted by molar-refractivity contribution is -0.117. The predicted octanol–water partition coefficient (Wildman–Crippen LogP) is 3.26. The minimum absolute atomic E-state index is 0.119. The molecule has 0 aliphatic rings. The van der Waals surface area contributed by atoms with E-state index >= 15 is 0 Å². The van der Waals surface area contributed by atoms with E-state index in [2.05, 4.69) is 25.6 Å². The lowest BCUT2D eigenvalue weighted by atomic mass is 10.3. The van der Waals surface area contributed by atoms with Crippen molar-refractivity contribution in [3.8, 4) is 5.88 Å². The normalized spacial score (nSPS) is 11.2. The summed E-state index contributed by atoms with van der Waals surface area (Å²) in [5, 5.41) is 16.8. The number of hydrogen-bond acceptors (Lipinski definition) is 9. The first-order valence-electron chi connectivity index (χ1n) is 8.88. The van der Waals surface area contributed by atoms with Crippen molar-refractivity contribution in [2.45, 2.75) is 23.4 Å². The average molecular weight is 431 g/mol. The molecule has 29 heavy (non-hydrogen) atoms. The number of ether oxygens (including phenoxy) is 2. The number of thiazole rings is 1. The SMILES string of the molecule is CCOc1ccc2nnc(Sc3ccc4nc(NC(=O)CCOC)sc4c3)n2n1. The number of aromatic nitrogens is 5. The molecule has 3 heterocycles. The van der Waals surface area contributed by atoms with Crippen LogP contribution < -0.4 is 10.1 Å². The van der Waals surface area contributed by atoms with E-state index in [1.807, 2.05) is 31.2 Å². The van der Waals surface area contributed by atoms with Gasteiger partial charge in [0.1, 0.15) is 0 Å². The minimum Gasteiger partial charge on any atom is -0.477 e. The molecule has 11 heteroatoms. The van der Waals surface area contributed by atoms with Crippen molar-refractivity contribution in [2.75, 3.05) is 25.6 Å². The Labute approximate surface area is 174 Å². The van der Waals surface area contributed by atoms with Gasteiger partial charge in [-0.05, 0) is 43.0 Å². The third kappa shape index (κ3) is 4.47. The van der Waals surface area contributed by atoms with Crippen LogP contribution in [0.1, 0.15) is 13.3 Å². The Bertz CT molecular complexity index is 1160. The summed E-state index contributed by atoms with van der Waals surface area (Å²) in [6, 6.07) is 9.47. The van der Waals surface area contributed by atoms with Gasteiger partial charge in [-0.1, -0.05) is 11.3 Å². The van der Waals surface area contributed by atoms with E-state index in [4.69, 9.17) is 9.47 Å². The third-order valence-corrected chi connectivity index (χ3v) is 5.71. The van der Waals surface area contributed by atoms with Gasteiger partial charge in [0.25, 0.3) is 0 Å². The second kappa shape index (κ2) is 8.72. The summed E-state index contributed by atoms with van der Waals surface area (Å²) in [4.78, 5) is 17.3. The fourth-order valence-corrected chi connectivity index (χ4v) is 4.37. The number of hydrogen-bond donors (Lipinski definition) is 1. The zero-order chi connectivity index (χ0) is 20.2. The largest absolute Gasteiger partial charge is 0.477 e. The van der Waals surface area contributed by atoms with Gasteiger partial charge >= 0.3 is 0 Å². The molecule has 1 amide bonds. The summed E-state index contributed by atoms with van der Waals surface area (Å²) in [5.41, 5.74) is 1.47. The van der Waals surface area contributed by atoms with Gasteiger partial charge in [0.05, 0.1) is 29.9 Å². The first-order chi connectivity index (χ1) is 14.2. The molecule has 0 saturated heterocycles. The Balaban J connectivity index is 1.55. The molecule has 0 spiro atoms. The molecule has 0 saturated carbocycles. The molecular weight excluding hydrogens is 412 g/mol. The van der Waals surface area contributed by atoms with Crippen molar-refractivity contribution in [1.29, 1.82) is 0 Å². The van der Waals surface area contributed by atoms with Crippen molar-refractivity contribution in [1.82, 2.24) is 24.8 Å². The van der Waals surface area contributed by atoms with E-state index in [1.165, 1.54) is 23.1 Å². The highest BCUT2D eigenvalue weighted by atomic mass is 32.2. The van der Waals surface area contributed by atoms with Crippen molar-refractivity contribution in [2.24, 2.45) is 0 Å². The Hall–Kier alpha value is -2.76. The Morgan fingerprint density at radius 3 is 3.00 bits per heavy atom. The Morgan fingerprint density at radius 2 is 2.17 bits per heavy atom. The highest BCUT2D eigenvalue weighted by molar-refractivity contribution is 7.99. The summed E-state index contributed by atoms with van der Waals surface area (Å²) >= 11 is 2.87. The second-order valence-electron chi connectivity index (χ2n) is 5.90. The van der Waals surface area contributed by atoms with Gasteiger partial charge in [-0.15, -0.1) is 15.3 Å². The first-order valence-corrected chi connectivity index (χ1v) is 10.5. The van der Waals surface area contributed by atoms with Crippen molar-refractivity contribution in [3.63, 3.8) is 0 Å². The molecule has 0 radical (unpaired) electrons. The van der Waals surface area contributed by atoms with Crippen LogP contribution in [-0.2, 0) is 9.53 Å². The average Bonchev–Trinajstić information content (AvgIpc) is 3.29. The van der Waals surface area contributed by atoms with Gasteiger partial charge in [0.2, 0.25) is 16.9 Å². The van der Waals surface area contributed by atoms with Crippen LogP contribution in [0, 0.1) is 0 Å². The predicted molar refractivity (Wildman–Crippen MR) is 111 cm³/mol. The quantitative estimate of drug-likeness (QED) is 0.454. The standard InChI is InChI=1S/C18H18N6O3S2/c1-3-27-16-7-6-14-21-22-18(24(14)23-16)28-11-4-5-12-13(10-11)29-17(19-12)20-15(25)8-9-26-2/h4-7,10H,3,8-9H2,1-2H3,(H,19,20,25). The molecule has 4 rings (SSSR count). The van der Waals surface area contributed by atoms with E-state index in [-0.39, 0.29) is 5.91 Å². The highest BCUT2D eigenvalue weighted by Gasteiger charge is 2.12. The van der Waals surface area contributed by atoms with Crippen LogP contribution in [0.25, 0.3) is 15.9 Å². The Morgan fingerprint density at radius 1 is 1.28 bits per heavy atom. The maximum absolute atomic E-state index is 11.9. The zero-order valence-electron chi connectivity index (χ0n) is 15.8. The van der Waals surface area contributed by atoms with Gasteiger partial charge in [0, 0.05) is 18.1 Å². The summed E-state index contributed by atoms with van der Waals surface area (Å²) in [7, 11) is 1.57. The van der Waals surface area contributed by atoms with E-state index in [0.717, 1.165) is 15.1 Å². The maximum atomic E-state index is 11.9. The highest BCUT2D eigenvalue weighted by Crippen LogP contribution is 2.33. The Kier molecular flexibility index (Phi) is 5.88. The number of nitrogens with one attached hydrogen (secondary N) is 1. The van der Waals surface area contributed by atoms with Crippen LogP contribution in [-0.4, -0.2) is 51.0 Å². The lowest BCUT2D eigenvalue weighted by Gasteiger charge is -2.03. The number of carbonyl (C=O) groups excluding carboxylic acids is 1. The van der Waals surface area contributed by atoms with Crippen molar-refractivity contribution >= 4 is 50.0 Å². The number of rotatable bonds is 8. The maximum Gasteiger partial charge on any atom is 0.231 e. The van der Waals surface area contributed by atoms with Crippen LogP contribution in [0.3, 0.4) is 0 Å². The topological polar surface area (TPSA) is 104 Å². The number of anilines is 1. The van der Waals surface area contributed by atoms with Crippen LogP contribution in [0.15, 0.2) is 40.4 Å². The molecule has 1 N–H and O–H groups in total. The number of methoxy groups -OCH3 is 1. The van der Waals surface area contributed by atoms with Crippen LogP contribution in [0.5, 0.6) is 5.88 Å². The molecule has 0 unspecified atom stereocenters.